The van der Waals surface area contributed by atoms with Gasteiger partial charge >= 0.3 is 11.9 Å². The van der Waals surface area contributed by atoms with Gasteiger partial charge in [-0.05, 0) is 89.9 Å². The van der Waals surface area contributed by atoms with Crippen LogP contribution in [0.15, 0.2) is 85.1 Å². The SMILES string of the molecule is CC/C=C\C/C=C\C/C=C\C/C=C\C/C=C\C/C=C\CCCCCCCCCCC(=O)OC(COC(=O)CCCCCCCCCCCCCCCCCCCCCCCCCCC/C=C\CCCCCCCCCC)COC(OCC[N+](C)(C)C)C(=O)[O-]. The van der Waals surface area contributed by atoms with E-state index in [1.807, 2.05) is 21.1 Å². The van der Waals surface area contributed by atoms with Gasteiger partial charge in [0.05, 0.1) is 40.3 Å². The monoisotopic (exact) mass is 1250 g/mol. The number of quaternary nitrogens is 1. The van der Waals surface area contributed by atoms with Crippen molar-refractivity contribution >= 4 is 17.9 Å². The second-order valence-electron chi connectivity index (χ2n) is 26.6. The maximum atomic E-state index is 12.9. The number of esters is 2. The number of aliphatic carboxylic acids is 1. The Hall–Kier alpha value is -3.53. The lowest BCUT2D eigenvalue weighted by molar-refractivity contribution is -0.870. The number of rotatable bonds is 70. The van der Waals surface area contributed by atoms with Crippen LogP contribution in [-0.4, -0.2) is 82.3 Å². The molecule has 0 fully saturated rings. The zero-order chi connectivity index (χ0) is 64.7. The molecule has 0 aliphatic heterocycles. The number of hydrogen-bond acceptors (Lipinski definition) is 8. The van der Waals surface area contributed by atoms with Crippen LogP contribution in [0.4, 0.5) is 0 Å². The zero-order valence-corrected chi connectivity index (χ0v) is 59.0. The molecule has 0 aliphatic carbocycles. The topological polar surface area (TPSA) is 111 Å². The molecule has 0 aromatic rings. The quantitative estimate of drug-likeness (QED) is 0.0195. The third kappa shape index (κ3) is 71.8. The molecule has 2 unspecified atom stereocenters. The lowest BCUT2D eigenvalue weighted by atomic mass is 10.0. The standard InChI is InChI=1S/C80H143NO8/c1-6-8-10-12-14-16-18-20-22-24-26-28-30-32-34-35-36-37-38-39-40-41-42-43-45-46-48-50-52-54-56-58-60-62-64-66-68-70-77(82)87-74-76(75-88-80(79(84)85)86-73-72-81(3,4)5)89-78(83)71-69-67-65-63-61-59-57-55-53-51-49-47-44-33-31-29-27-25-23-21-19-17-15-13-11-9-7-2/h9,11,15,17,21,23-24,26-27,29,33,44,49,51,76,80H,6-8,10,12-14,16,18-20,22,25,28,30-32,34-43,45-48,50,52-75H2,1-5H3/b11-9-,17-15-,23-21-,26-24-,29-27-,44-33-,51-49-. The molecule has 0 aromatic heterocycles. The van der Waals surface area contributed by atoms with Gasteiger partial charge in [-0.2, -0.15) is 0 Å². The number of carbonyl (C=O) groups excluding carboxylic acids is 3. The van der Waals surface area contributed by atoms with E-state index < -0.39 is 24.3 Å². The minimum absolute atomic E-state index is 0.144. The molecule has 0 rings (SSSR count). The summed E-state index contributed by atoms with van der Waals surface area (Å²) in [6.45, 7) is 4.66. The van der Waals surface area contributed by atoms with Crippen molar-refractivity contribution in [1.29, 1.82) is 0 Å². The molecule has 516 valence electrons. The van der Waals surface area contributed by atoms with Gasteiger partial charge in [0, 0.05) is 12.8 Å². The third-order valence-electron chi connectivity index (χ3n) is 16.6. The molecule has 0 spiro atoms. The van der Waals surface area contributed by atoms with Crippen LogP contribution in [0.25, 0.3) is 0 Å². The first-order valence-corrected chi connectivity index (χ1v) is 37.7. The molecule has 0 heterocycles. The molecule has 0 amide bonds. The zero-order valence-electron chi connectivity index (χ0n) is 59.0. The van der Waals surface area contributed by atoms with Crippen LogP contribution >= 0.6 is 0 Å². The fourth-order valence-electron chi connectivity index (χ4n) is 10.9. The van der Waals surface area contributed by atoms with E-state index in [1.54, 1.807) is 0 Å². The highest BCUT2D eigenvalue weighted by atomic mass is 16.7. The first-order chi connectivity index (χ1) is 43.6. The smallest absolute Gasteiger partial charge is 0.306 e. The Morgan fingerprint density at radius 2 is 0.640 bits per heavy atom. The number of allylic oxidation sites excluding steroid dienone is 14. The predicted octanol–water partition coefficient (Wildman–Crippen LogP) is 22.5. The summed E-state index contributed by atoms with van der Waals surface area (Å²) in [5.41, 5.74) is 0. The summed E-state index contributed by atoms with van der Waals surface area (Å²) in [7, 11) is 5.93. The molecule has 2 atom stereocenters. The minimum Gasteiger partial charge on any atom is -0.545 e. The van der Waals surface area contributed by atoms with Crippen LogP contribution in [0.5, 0.6) is 0 Å². The molecule has 9 nitrogen and oxygen atoms in total. The Balaban J connectivity index is 4.03. The molecular weight excluding hydrogens is 1100 g/mol. The summed E-state index contributed by atoms with van der Waals surface area (Å²) in [5, 5.41) is 11.8. The normalized spacial score (nSPS) is 13.1. The summed E-state index contributed by atoms with van der Waals surface area (Å²) >= 11 is 0. The van der Waals surface area contributed by atoms with Gasteiger partial charge in [-0.3, -0.25) is 9.59 Å². The van der Waals surface area contributed by atoms with Gasteiger partial charge in [0.1, 0.15) is 13.2 Å². The lowest BCUT2D eigenvalue weighted by Gasteiger charge is -2.26. The summed E-state index contributed by atoms with van der Waals surface area (Å²) in [4.78, 5) is 37.5. The lowest BCUT2D eigenvalue weighted by Crippen LogP contribution is -2.44. The first-order valence-electron chi connectivity index (χ1n) is 37.7. The van der Waals surface area contributed by atoms with Crippen molar-refractivity contribution in [3.63, 3.8) is 0 Å². The highest BCUT2D eigenvalue weighted by Crippen LogP contribution is 2.18. The Bertz CT molecular complexity index is 1740. The Kier molecular flexibility index (Phi) is 67.6. The van der Waals surface area contributed by atoms with Crippen LogP contribution in [0.2, 0.25) is 0 Å². The number of carboxylic acids is 1. The van der Waals surface area contributed by atoms with Crippen LogP contribution < -0.4 is 5.11 Å². The van der Waals surface area contributed by atoms with Gasteiger partial charge in [-0.25, -0.2) is 0 Å². The number of ether oxygens (including phenoxy) is 4. The Morgan fingerprint density at radius 3 is 0.966 bits per heavy atom. The van der Waals surface area contributed by atoms with Crippen LogP contribution in [0.1, 0.15) is 348 Å². The molecule has 9 heteroatoms. The molecule has 0 radical (unpaired) electrons. The van der Waals surface area contributed by atoms with E-state index in [9.17, 15) is 19.5 Å². The van der Waals surface area contributed by atoms with Crippen molar-refractivity contribution in [1.82, 2.24) is 0 Å². The van der Waals surface area contributed by atoms with E-state index in [4.69, 9.17) is 18.9 Å². The van der Waals surface area contributed by atoms with Gasteiger partial charge in [-0.1, -0.05) is 330 Å². The molecule has 89 heavy (non-hydrogen) atoms. The maximum absolute atomic E-state index is 12.9. The minimum atomic E-state index is -1.63. The van der Waals surface area contributed by atoms with Gasteiger partial charge in [0.15, 0.2) is 12.4 Å². The Labute approximate surface area is 550 Å². The molecule has 0 N–H and O–H groups in total. The van der Waals surface area contributed by atoms with Crippen molar-refractivity contribution in [2.45, 2.75) is 360 Å². The van der Waals surface area contributed by atoms with Crippen molar-refractivity contribution in [2.24, 2.45) is 0 Å². The van der Waals surface area contributed by atoms with E-state index in [-0.39, 0.29) is 32.2 Å². The molecule has 0 saturated carbocycles. The van der Waals surface area contributed by atoms with E-state index in [1.165, 1.54) is 231 Å². The van der Waals surface area contributed by atoms with Crippen molar-refractivity contribution in [2.75, 3.05) is 47.5 Å². The van der Waals surface area contributed by atoms with Crippen molar-refractivity contribution in [3.8, 4) is 0 Å². The van der Waals surface area contributed by atoms with Gasteiger partial charge < -0.3 is 33.3 Å². The molecule has 0 aromatic carbocycles. The molecule has 0 aliphatic rings. The van der Waals surface area contributed by atoms with Crippen LogP contribution in [-0.2, 0) is 33.3 Å². The van der Waals surface area contributed by atoms with E-state index in [0.717, 1.165) is 83.5 Å². The average molecular weight is 1250 g/mol. The number of unbranched alkanes of at least 4 members (excludes halogenated alkanes) is 41. The van der Waals surface area contributed by atoms with Crippen LogP contribution in [0.3, 0.4) is 0 Å². The highest BCUT2D eigenvalue weighted by Gasteiger charge is 2.22. The van der Waals surface area contributed by atoms with Crippen molar-refractivity contribution in [3.05, 3.63) is 85.1 Å². The van der Waals surface area contributed by atoms with Crippen molar-refractivity contribution < 1.29 is 42.9 Å². The summed E-state index contributed by atoms with van der Waals surface area (Å²) < 4.78 is 22.8. The van der Waals surface area contributed by atoms with Gasteiger partial charge in [0.25, 0.3) is 0 Å². The molecular formula is C80H143NO8. The van der Waals surface area contributed by atoms with Gasteiger partial charge in [-0.15, -0.1) is 0 Å². The fraction of sp³-hybridized carbons (Fsp3) is 0.787. The maximum Gasteiger partial charge on any atom is 0.306 e. The average Bonchev–Trinajstić information content (AvgIpc) is 3.64. The van der Waals surface area contributed by atoms with Gasteiger partial charge in [0.2, 0.25) is 0 Å². The summed E-state index contributed by atoms with van der Waals surface area (Å²) in [5.74, 6) is -2.28. The fourth-order valence-corrected chi connectivity index (χ4v) is 10.9. The van der Waals surface area contributed by atoms with E-state index in [0.29, 0.717) is 23.9 Å². The van der Waals surface area contributed by atoms with Crippen LogP contribution in [0, 0.1) is 0 Å². The second-order valence-corrected chi connectivity index (χ2v) is 26.6. The number of carboxylic acid groups (broad SMARTS) is 1. The van der Waals surface area contributed by atoms with E-state index >= 15 is 0 Å². The number of likely N-dealkylation sites (N-methyl/N-ethyl adjacent to an activating group) is 1. The predicted molar refractivity (Wildman–Crippen MR) is 380 cm³/mol. The Morgan fingerprint density at radius 1 is 0.348 bits per heavy atom. The second kappa shape index (κ2) is 70.3. The van der Waals surface area contributed by atoms with E-state index in [2.05, 4.69) is 98.9 Å². The highest BCUT2D eigenvalue weighted by molar-refractivity contribution is 5.70. The number of nitrogens with zero attached hydrogens (tertiary/aromatic N) is 1. The summed E-state index contributed by atoms with van der Waals surface area (Å²) in [6.07, 6.45) is 92.7. The summed E-state index contributed by atoms with van der Waals surface area (Å²) in [6, 6.07) is 0. The number of carbonyl (C=O) groups is 3. The molecule has 0 saturated heterocycles. The first kappa shape index (κ1) is 85.5. The molecule has 0 bridgehead atoms. The number of hydrogen-bond donors (Lipinski definition) is 0. The largest absolute Gasteiger partial charge is 0.545 e. The third-order valence-corrected chi connectivity index (χ3v) is 16.6.